The summed E-state index contributed by atoms with van der Waals surface area (Å²) < 4.78 is 0. The molecule has 0 aromatic rings. The molecule has 48 valence electrons. The average molecular weight is 130 g/mol. The third-order valence-corrected chi connectivity index (χ3v) is 1.58. The largest absolute Gasteiger partial charge is 0.179 e. The molecule has 0 heterocycles. The van der Waals surface area contributed by atoms with Crippen molar-refractivity contribution in [1.29, 1.82) is 0 Å². The fraction of sp³-hybridized carbons (Fsp3) is 1.00. The lowest BCUT2D eigenvalue weighted by atomic mass is 9.99. The molecule has 0 atom stereocenters. The Kier molecular flexibility index (Phi) is 7.80. The van der Waals surface area contributed by atoms with Gasteiger partial charge in [0.05, 0.1) is 0 Å². The number of unbranched alkanes of at least 4 members (excludes halogenated alkanes) is 3. The number of rotatable bonds is 5. The van der Waals surface area contributed by atoms with Crippen molar-refractivity contribution >= 4 is 20.5 Å². The van der Waals surface area contributed by atoms with E-state index in [4.69, 9.17) is 0 Å². The van der Waals surface area contributed by atoms with Gasteiger partial charge in [0.15, 0.2) is 0 Å². The van der Waals surface area contributed by atoms with E-state index in [1.807, 2.05) is 0 Å². The number of thiol groups is 1. The predicted molar refractivity (Wildman–Crippen MR) is 45.7 cm³/mol. The van der Waals surface area contributed by atoms with Gasteiger partial charge in [0.25, 0.3) is 0 Å². The SMILES string of the molecule is BCCCCCCS. The second-order valence-electron chi connectivity index (χ2n) is 2.14. The Hall–Kier alpha value is 0.415. The summed E-state index contributed by atoms with van der Waals surface area (Å²) in [4.78, 5) is 0. The van der Waals surface area contributed by atoms with Crippen LogP contribution in [0.1, 0.15) is 25.7 Å². The van der Waals surface area contributed by atoms with E-state index in [1.165, 1.54) is 32.0 Å². The quantitative estimate of drug-likeness (QED) is 0.325. The molecule has 0 bridgehead atoms. The Morgan fingerprint density at radius 1 is 1.00 bits per heavy atom. The molecule has 0 rings (SSSR count). The molecular weight excluding hydrogens is 115 g/mol. The van der Waals surface area contributed by atoms with Crippen LogP contribution >= 0.6 is 12.6 Å². The van der Waals surface area contributed by atoms with Gasteiger partial charge in [0.2, 0.25) is 0 Å². The molecule has 2 heteroatoms. The maximum Gasteiger partial charge on any atom is 0.101 e. The lowest BCUT2D eigenvalue weighted by molar-refractivity contribution is 0.707. The minimum atomic E-state index is 1.06. The fourth-order valence-corrected chi connectivity index (χ4v) is 0.939. The van der Waals surface area contributed by atoms with Crippen LogP contribution in [0.25, 0.3) is 0 Å². The topological polar surface area (TPSA) is 0 Å². The molecule has 0 aliphatic heterocycles. The third kappa shape index (κ3) is 6.41. The normalized spacial score (nSPS) is 9.62. The summed E-state index contributed by atoms with van der Waals surface area (Å²) in [5.74, 6) is 1.06. The van der Waals surface area contributed by atoms with Gasteiger partial charge < -0.3 is 0 Å². The molecule has 0 nitrogen and oxygen atoms in total. The molecule has 0 N–H and O–H groups in total. The molecule has 0 saturated carbocycles. The monoisotopic (exact) mass is 130 g/mol. The van der Waals surface area contributed by atoms with E-state index in [0.29, 0.717) is 0 Å². The maximum atomic E-state index is 4.12. The lowest BCUT2D eigenvalue weighted by Gasteiger charge is -1.93. The van der Waals surface area contributed by atoms with Crippen LogP contribution in [-0.4, -0.2) is 13.6 Å². The second kappa shape index (κ2) is 7.41. The first-order valence-corrected chi connectivity index (χ1v) is 4.16. The van der Waals surface area contributed by atoms with Crippen LogP contribution in [0.5, 0.6) is 0 Å². The Bertz CT molecular complexity index is 33.5. The van der Waals surface area contributed by atoms with Crippen molar-refractivity contribution in [1.82, 2.24) is 0 Å². The van der Waals surface area contributed by atoms with Gasteiger partial charge in [0.1, 0.15) is 7.85 Å². The zero-order valence-corrected chi connectivity index (χ0v) is 6.58. The molecule has 0 unspecified atom stereocenters. The van der Waals surface area contributed by atoms with Crippen molar-refractivity contribution in [3.63, 3.8) is 0 Å². The molecule has 0 amide bonds. The van der Waals surface area contributed by atoms with Gasteiger partial charge in [-0.15, -0.1) is 0 Å². The van der Waals surface area contributed by atoms with Crippen molar-refractivity contribution < 1.29 is 0 Å². The highest BCUT2D eigenvalue weighted by atomic mass is 32.1. The van der Waals surface area contributed by atoms with Crippen LogP contribution in [0, 0.1) is 0 Å². The summed E-state index contributed by atoms with van der Waals surface area (Å²) in [6.45, 7) is 0. The average Bonchev–Trinajstić information content (AvgIpc) is 1.81. The summed E-state index contributed by atoms with van der Waals surface area (Å²) in [7, 11) is 2.24. The molecule has 0 aliphatic carbocycles. The first-order chi connectivity index (χ1) is 3.91. The summed E-state index contributed by atoms with van der Waals surface area (Å²) >= 11 is 4.12. The minimum Gasteiger partial charge on any atom is -0.179 e. The van der Waals surface area contributed by atoms with Crippen LogP contribution in [0.3, 0.4) is 0 Å². The van der Waals surface area contributed by atoms with Gasteiger partial charge in [-0.1, -0.05) is 25.6 Å². The Balaban J connectivity index is 2.53. The second-order valence-corrected chi connectivity index (χ2v) is 2.59. The van der Waals surface area contributed by atoms with Gasteiger partial charge in [-0.2, -0.15) is 12.6 Å². The Labute approximate surface area is 58.9 Å². The Morgan fingerprint density at radius 2 is 1.62 bits per heavy atom. The van der Waals surface area contributed by atoms with E-state index in [2.05, 4.69) is 20.5 Å². The van der Waals surface area contributed by atoms with Gasteiger partial charge >= 0.3 is 0 Å². The summed E-state index contributed by atoms with van der Waals surface area (Å²) in [5.41, 5.74) is 0. The zero-order chi connectivity index (χ0) is 6.24. The van der Waals surface area contributed by atoms with Crippen molar-refractivity contribution in [2.45, 2.75) is 32.0 Å². The molecule has 8 heavy (non-hydrogen) atoms. The van der Waals surface area contributed by atoms with Crippen molar-refractivity contribution in [2.75, 3.05) is 5.75 Å². The molecule has 0 aromatic carbocycles. The molecule has 0 aromatic heterocycles. The summed E-state index contributed by atoms with van der Waals surface area (Å²) in [6, 6.07) is 0. The van der Waals surface area contributed by atoms with E-state index in [1.54, 1.807) is 0 Å². The van der Waals surface area contributed by atoms with Gasteiger partial charge in [-0.25, -0.2) is 0 Å². The van der Waals surface area contributed by atoms with E-state index < -0.39 is 0 Å². The van der Waals surface area contributed by atoms with Crippen LogP contribution < -0.4 is 0 Å². The first kappa shape index (κ1) is 8.41. The highest BCUT2D eigenvalue weighted by Crippen LogP contribution is 2.01. The van der Waals surface area contributed by atoms with Crippen LogP contribution in [0.2, 0.25) is 6.32 Å². The van der Waals surface area contributed by atoms with Crippen LogP contribution in [0.15, 0.2) is 0 Å². The summed E-state index contributed by atoms with van der Waals surface area (Å²) in [6.07, 6.45) is 6.80. The van der Waals surface area contributed by atoms with Gasteiger partial charge in [0, 0.05) is 0 Å². The molecule has 0 spiro atoms. The van der Waals surface area contributed by atoms with Crippen molar-refractivity contribution in [2.24, 2.45) is 0 Å². The van der Waals surface area contributed by atoms with E-state index in [9.17, 15) is 0 Å². The maximum absolute atomic E-state index is 4.12. The third-order valence-electron chi connectivity index (χ3n) is 1.26. The lowest BCUT2D eigenvalue weighted by Crippen LogP contribution is -1.77. The highest BCUT2D eigenvalue weighted by molar-refractivity contribution is 7.80. The van der Waals surface area contributed by atoms with Gasteiger partial charge in [-0.05, 0) is 12.2 Å². The van der Waals surface area contributed by atoms with E-state index in [0.717, 1.165) is 5.75 Å². The van der Waals surface area contributed by atoms with Crippen molar-refractivity contribution in [3.05, 3.63) is 0 Å². The summed E-state index contributed by atoms with van der Waals surface area (Å²) in [5, 5.41) is 0. The minimum absolute atomic E-state index is 1.06. The zero-order valence-electron chi connectivity index (χ0n) is 5.69. The van der Waals surface area contributed by atoms with E-state index in [-0.39, 0.29) is 0 Å². The molecule has 0 radical (unpaired) electrons. The van der Waals surface area contributed by atoms with Gasteiger partial charge in [-0.3, -0.25) is 0 Å². The van der Waals surface area contributed by atoms with Crippen molar-refractivity contribution in [3.8, 4) is 0 Å². The van der Waals surface area contributed by atoms with Crippen LogP contribution in [-0.2, 0) is 0 Å². The smallest absolute Gasteiger partial charge is 0.101 e. The first-order valence-electron chi connectivity index (χ1n) is 3.52. The van der Waals surface area contributed by atoms with E-state index >= 15 is 0 Å². The molecule has 0 aliphatic rings. The predicted octanol–water partition coefficient (Wildman–Crippen LogP) is 1.53. The van der Waals surface area contributed by atoms with Crippen LogP contribution in [0.4, 0.5) is 0 Å². The number of hydrogen-bond acceptors (Lipinski definition) is 1. The molecular formula is C6H15BS. The fourth-order valence-electron chi connectivity index (χ4n) is 0.715. The molecule has 0 fully saturated rings. The highest BCUT2D eigenvalue weighted by Gasteiger charge is 1.83. The molecule has 0 saturated heterocycles. The Morgan fingerprint density at radius 3 is 2.12 bits per heavy atom. The number of hydrogen-bond donors (Lipinski definition) is 1. The standard InChI is InChI=1S/C6H15BS/c7-5-3-1-2-4-6-8/h8H,1-7H2.